The number of pyridine rings is 1. The van der Waals surface area contributed by atoms with Crippen molar-refractivity contribution in [3.05, 3.63) is 70.9 Å². The van der Waals surface area contributed by atoms with Crippen LogP contribution in [0.3, 0.4) is 0 Å². The summed E-state index contributed by atoms with van der Waals surface area (Å²) >= 11 is 0. The van der Waals surface area contributed by atoms with E-state index in [-0.39, 0.29) is 42.3 Å². The Labute approximate surface area is 223 Å². The second kappa shape index (κ2) is 12.5. The zero-order valence-corrected chi connectivity index (χ0v) is 21.3. The number of aliphatic carboxylic acids is 1. The first kappa shape index (κ1) is 28.3. The van der Waals surface area contributed by atoms with Crippen molar-refractivity contribution in [3.63, 3.8) is 0 Å². The van der Waals surface area contributed by atoms with Gasteiger partial charge in [0.25, 0.3) is 0 Å². The third-order valence-corrected chi connectivity index (χ3v) is 7.14. The van der Waals surface area contributed by atoms with Crippen LogP contribution < -0.4 is 4.74 Å². The van der Waals surface area contributed by atoms with E-state index in [1.165, 1.54) is 7.11 Å². The van der Waals surface area contributed by atoms with Gasteiger partial charge in [0.15, 0.2) is 11.6 Å². The van der Waals surface area contributed by atoms with Gasteiger partial charge in [-0.2, -0.15) is 0 Å². The van der Waals surface area contributed by atoms with Crippen LogP contribution in [0.1, 0.15) is 42.9 Å². The summed E-state index contributed by atoms with van der Waals surface area (Å²) in [5, 5.41) is 20.9. The quantitative estimate of drug-likeness (QED) is 0.234. The predicted octanol–water partition coefficient (Wildman–Crippen LogP) is 5.08. The van der Waals surface area contributed by atoms with E-state index in [1.807, 2.05) is 4.90 Å². The number of aromatic nitrogens is 1. The minimum atomic E-state index is -1.32. The Morgan fingerprint density at radius 1 is 1.18 bits per heavy atom. The fourth-order valence-electron chi connectivity index (χ4n) is 5.18. The van der Waals surface area contributed by atoms with Crippen LogP contribution in [-0.2, 0) is 4.79 Å². The van der Waals surface area contributed by atoms with Crippen molar-refractivity contribution in [2.45, 2.75) is 31.8 Å². The van der Waals surface area contributed by atoms with Gasteiger partial charge >= 0.3 is 5.97 Å². The molecule has 10 heteroatoms. The highest BCUT2D eigenvalue weighted by Crippen LogP contribution is 2.35. The average Bonchev–Trinajstić information content (AvgIpc) is 2.90. The Morgan fingerprint density at radius 3 is 2.72 bits per heavy atom. The number of hydrogen-bond donors (Lipinski definition) is 2. The van der Waals surface area contributed by atoms with E-state index in [0.29, 0.717) is 48.6 Å². The molecule has 206 valence electrons. The molecule has 0 saturated carbocycles. The number of rotatable bonds is 8. The molecule has 2 N–H and O–H groups in total. The van der Waals surface area contributed by atoms with E-state index >= 15 is 0 Å². The summed E-state index contributed by atoms with van der Waals surface area (Å²) in [7, 11) is 1.49. The van der Waals surface area contributed by atoms with Crippen molar-refractivity contribution < 1.29 is 37.3 Å². The zero-order chi connectivity index (χ0) is 28.1. The molecule has 0 amide bonds. The minimum Gasteiger partial charge on any atom is -0.497 e. The van der Waals surface area contributed by atoms with Crippen LogP contribution in [0.5, 0.6) is 5.75 Å². The fraction of sp³-hybridized carbons (Fsp3) is 0.379. The molecule has 0 aliphatic carbocycles. The number of carbonyl (C=O) groups is 1. The number of likely N-dealkylation sites (tertiary alicyclic amines) is 1. The maximum atomic E-state index is 14.8. The summed E-state index contributed by atoms with van der Waals surface area (Å²) in [6.45, 7) is 1.12. The molecule has 39 heavy (non-hydrogen) atoms. The Kier molecular flexibility index (Phi) is 9.04. The summed E-state index contributed by atoms with van der Waals surface area (Å²) in [6.07, 6.45) is 1.15. The number of piperidine rings is 1. The molecule has 1 saturated heterocycles. The lowest BCUT2D eigenvalue weighted by Crippen LogP contribution is -2.41. The van der Waals surface area contributed by atoms with Gasteiger partial charge in [0.1, 0.15) is 17.4 Å². The number of methoxy groups -OCH3 is 1. The number of aliphatic hydroxyl groups excluding tert-OH is 1. The van der Waals surface area contributed by atoms with Gasteiger partial charge in [0, 0.05) is 30.0 Å². The first-order chi connectivity index (χ1) is 18.7. The third kappa shape index (κ3) is 6.85. The first-order valence-corrected chi connectivity index (χ1v) is 12.5. The monoisotopic (exact) mass is 544 g/mol. The zero-order valence-electron chi connectivity index (χ0n) is 21.3. The Balaban J connectivity index is 1.43. The molecule has 1 aliphatic heterocycles. The van der Waals surface area contributed by atoms with Crippen molar-refractivity contribution in [3.8, 4) is 17.6 Å². The summed E-state index contributed by atoms with van der Waals surface area (Å²) in [6, 6.07) is 6.28. The van der Waals surface area contributed by atoms with Gasteiger partial charge in [-0.25, -0.2) is 17.6 Å². The highest BCUT2D eigenvalue weighted by Gasteiger charge is 2.31. The number of carboxylic acids is 1. The number of hydrogen-bond acceptors (Lipinski definition) is 5. The van der Waals surface area contributed by atoms with Crippen LogP contribution >= 0.6 is 0 Å². The lowest BCUT2D eigenvalue weighted by Gasteiger charge is -2.37. The van der Waals surface area contributed by atoms with E-state index in [0.717, 1.165) is 12.3 Å². The first-order valence-electron chi connectivity index (χ1n) is 12.5. The second-order valence-electron chi connectivity index (χ2n) is 9.69. The van der Waals surface area contributed by atoms with Crippen LogP contribution in [0, 0.1) is 46.9 Å². The number of ether oxygens (including phenoxy) is 1. The van der Waals surface area contributed by atoms with Crippen molar-refractivity contribution in [1.82, 2.24) is 9.88 Å². The molecule has 0 spiro atoms. The Bertz CT molecular complexity index is 1420. The molecule has 6 nitrogen and oxygen atoms in total. The summed E-state index contributed by atoms with van der Waals surface area (Å²) in [5.74, 6) is 0.312. The number of nitrogens with zero attached hydrogens (tertiary/aromatic N) is 2. The normalized spacial score (nSPS) is 18.4. The molecule has 1 aliphatic rings. The van der Waals surface area contributed by atoms with Crippen molar-refractivity contribution in [2.75, 3.05) is 26.7 Å². The van der Waals surface area contributed by atoms with Gasteiger partial charge in [-0.05, 0) is 61.9 Å². The molecule has 2 heterocycles. The lowest BCUT2D eigenvalue weighted by molar-refractivity contribution is -0.139. The molecule has 3 atom stereocenters. The topological polar surface area (TPSA) is 82.9 Å². The Morgan fingerprint density at radius 2 is 1.97 bits per heavy atom. The largest absolute Gasteiger partial charge is 0.497 e. The fourth-order valence-corrected chi connectivity index (χ4v) is 5.18. The van der Waals surface area contributed by atoms with Crippen LogP contribution in [0.2, 0.25) is 0 Å². The van der Waals surface area contributed by atoms with Gasteiger partial charge < -0.3 is 14.9 Å². The number of carboxylic acid groups (broad SMARTS) is 1. The second-order valence-corrected chi connectivity index (χ2v) is 9.69. The van der Waals surface area contributed by atoms with E-state index < -0.39 is 35.3 Å². The third-order valence-electron chi connectivity index (χ3n) is 7.14. The number of aliphatic hydroxyl groups is 1. The van der Waals surface area contributed by atoms with Gasteiger partial charge in [-0.1, -0.05) is 11.8 Å². The molecule has 0 bridgehead atoms. The maximum absolute atomic E-state index is 14.8. The molecule has 1 aromatic heterocycles. The van der Waals surface area contributed by atoms with Gasteiger partial charge in [-0.15, -0.1) is 0 Å². The molecule has 0 radical (unpaired) electrons. The smallest absolute Gasteiger partial charge is 0.303 e. The highest BCUT2D eigenvalue weighted by molar-refractivity contribution is 5.84. The highest BCUT2D eigenvalue weighted by atomic mass is 19.2. The lowest BCUT2D eigenvalue weighted by atomic mass is 9.79. The SMILES string of the molecule is COc1ccc2ncc(F)c([C@H](O)CCC3CCN(CC#Cc4cc(F)cc(F)c4F)C[C@H]3CC(=O)O)c2c1. The molecular formula is C29H28F4N2O4. The molecule has 4 rings (SSSR count). The minimum absolute atomic E-state index is 0.0413. The molecular weight excluding hydrogens is 516 g/mol. The number of halogens is 4. The maximum Gasteiger partial charge on any atom is 0.303 e. The van der Waals surface area contributed by atoms with Crippen LogP contribution in [0.25, 0.3) is 10.9 Å². The van der Waals surface area contributed by atoms with E-state index in [1.54, 1.807) is 18.2 Å². The molecule has 3 aromatic rings. The number of benzene rings is 2. The predicted molar refractivity (Wildman–Crippen MR) is 136 cm³/mol. The van der Waals surface area contributed by atoms with Crippen molar-refractivity contribution in [1.29, 1.82) is 0 Å². The molecule has 2 aromatic carbocycles. The molecule has 1 fully saturated rings. The molecule has 1 unspecified atom stereocenters. The van der Waals surface area contributed by atoms with E-state index in [4.69, 9.17) is 4.74 Å². The van der Waals surface area contributed by atoms with Crippen molar-refractivity contribution in [2.24, 2.45) is 11.8 Å². The summed E-state index contributed by atoms with van der Waals surface area (Å²) in [5.41, 5.74) is 0.264. The summed E-state index contributed by atoms with van der Waals surface area (Å²) < 4.78 is 60.6. The van der Waals surface area contributed by atoms with E-state index in [2.05, 4.69) is 16.8 Å². The van der Waals surface area contributed by atoms with Crippen molar-refractivity contribution >= 4 is 16.9 Å². The van der Waals surface area contributed by atoms with Gasteiger partial charge in [0.2, 0.25) is 0 Å². The Hall–Kier alpha value is -3.68. The number of fused-ring (bicyclic) bond motifs is 1. The van der Waals surface area contributed by atoms with Crippen LogP contribution in [0.4, 0.5) is 17.6 Å². The van der Waals surface area contributed by atoms with E-state index in [9.17, 15) is 32.6 Å². The average molecular weight is 545 g/mol. The van der Waals surface area contributed by atoms with Gasteiger partial charge in [0.05, 0.1) is 37.0 Å². The standard InChI is InChI=1S/C29H28F4N2O4/c1-39-21-5-6-25-22(14-21)28(24(32)15-34-25)26(36)7-4-17-8-10-35(16-19(17)12-27(37)38)9-2-3-18-11-20(30)13-23(31)29(18)33/h5-6,11,13-15,17,19,26,36H,4,7-10,12,16H2,1H3,(H,37,38)/t17?,19-,26-/m1/s1. The van der Waals surface area contributed by atoms with Crippen LogP contribution in [0.15, 0.2) is 36.5 Å². The van der Waals surface area contributed by atoms with Gasteiger partial charge in [-0.3, -0.25) is 14.7 Å². The summed E-state index contributed by atoms with van der Waals surface area (Å²) in [4.78, 5) is 17.5. The van der Waals surface area contributed by atoms with Crippen LogP contribution in [-0.4, -0.2) is 52.8 Å².